The Kier molecular flexibility index (Phi) is 4.28. The first-order valence-corrected chi connectivity index (χ1v) is 5.66. The van der Waals surface area contributed by atoms with Crippen molar-refractivity contribution in [1.29, 1.82) is 0 Å². The standard InChI is InChI=1S/C10H8BrF3S/c1-7(11)6-8-2-4-9(5-3-8)15-10(12,13)14/h2-5H,1,6H2. The van der Waals surface area contributed by atoms with Gasteiger partial charge in [0.05, 0.1) is 0 Å². The predicted octanol–water partition coefficient (Wildman–Crippen LogP) is 4.75. The maximum atomic E-state index is 12.0. The van der Waals surface area contributed by atoms with E-state index in [1.54, 1.807) is 12.1 Å². The van der Waals surface area contributed by atoms with Crippen molar-refractivity contribution in [2.75, 3.05) is 0 Å². The van der Waals surface area contributed by atoms with E-state index < -0.39 is 5.51 Å². The van der Waals surface area contributed by atoms with E-state index in [0.29, 0.717) is 6.42 Å². The predicted molar refractivity (Wildman–Crippen MR) is 60.1 cm³/mol. The summed E-state index contributed by atoms with van der Waals surface area (Å²) in [7, 11) is 0. The van der Waals surface area contributed by atoms with E-state index in [0.717, 1.165) is 10.0 Å². The van der Waals surface area contributed by atoms with E-state index in [1.165, 1.54) is 12.1 Å². The lowest BCUT2D eigenvalue weighted by Crippen LogP contribution is -1.98. The maximum absolute atomic E-state index is 12.0. The third kappa shape index (κ3) is 5.28. The van der Waals surface area contributed by atoms with E-state index in [-0.39, 0.29) is 16.7 Å². The fraction of sp³-hybridized carbons (Fsp3) is 0.200. The van der Waals surface area contributed by atoms with Gasteiger partial charge in [0.1, 0.15) is 0 Å². The lowest BCUT2D eigenvalue weighted by molar-refractivity contribution is -0.0328. The van der Waals surface area contributed by atoms with Crippen LogP contribution in [0.3, 0.4) is 0 Å². The fourth-order valence-electron chi connectivity index (χ4n) is 1.03. The Labute approximate surface area is 98.7 Å². The highest BCUT2D eigenvalue weighted by molar-refractivity contribution is 9.11. The first kappa shape index (κ1) is 12.6. The maximum Gasteiger partial charge on any atom is 0.446 e. The van der Waals surface area contributed by atoms with Crippen LogP contribution in [0.25, 0.3) is 0 Å². The van der Waals surface area contributed by atoms with Gasteiger partial charge in [0.25, 0.3) is 0 Å². The van der Waals surface area contributed by atoms with Gasteiger partial charge in [0.2, 0.25) is 0 Å². The molecule has 0 aliphatic heterocycles. The molecule has 0 amide bonds. The summed E-state index contributed by atoms with van der Waals surface area (Å²) in [5.74, 6) is 0. The minimum atomic E-state index is -4.22. The Morgan fingerprint density at radius 3 is 2.20 bits per heavy atom. The van der Waals surface area contributed by atoms with Gasteiger partial charge in [-0.1, -0.05) is 34.6 Å². The van der Waals surface area contributed by atoms with Crippen LogP contribution >= 0.6 is 27.7 Å². The third-order valence-corrected chi connectivity index (χ3v) is 2.57. The molecule has 0 heterocycles. The highest BCUT2D eigenvalue weighted by Crippen LogP contribution is 2.36. The van der Waals surface area contributed by atoms with Crippen molar-refractivity contribution in [3.8, 4) is 0 Å². The van der Waals surface area contributed by atoms with Gasteiger partial charge >= 0.3 is 5.51 Å². The molecule has 0 saturated carbocycles. The van der Waals surface area contributed by atoms with Crippen molar-refractivity contribution in [1.82, 2.24) is 0 Å². The van der Waals surface area contributed by atoms with Crippen LogP contribution in [-0.2, 0) is 6.42 Å². The van der Waals surface area contributed by atoms with E-state index in [1.807, 2.05) is 0 Å². The van der Waals surface area contributed by atoms with Crippen LogP contribution < -0.4 is 0 Å². The number of hydrogen-bond donors (Lipinski definition) is 0. The third-order valence-electron chi connectivity index (χ3n) is 1.55. The lowest BCUT2D eigenvalue weighted by Gasteiger charge is -2.06. The normalized spacial score (nSPS) is 11.5. The smallest absolute Gasteiger partial charge is 0.160 e. The molecule has 0 nitrogen and oxygen atoms in total. The average Bonchev–Trinajstić information content (AvgIpc) is 2.05. The highest BCUT2D eigenvalue weighted by Gasteiger charge is 2.28. The van der Waals surface area contributed by atoms with Gasteiger partial charge in [-0.3, -0.25) is 0 Å². The molecule has 0 N–H and O–H groups in total. The molecule has 0 unspecified atom stereocenters. The van der Waals surface area contributed by atoms with Gasteiger partial charge in [-0.05, 0) is 33.9 Å². The number of halogens is 4. The van der Waals surface area contributed by atoms with Gasteiger partial charge in [0, 0.05) is 11.3 Å². The van der Waals surface area contributed by atoms with Gasteiger partial charge in [-0.25, -0.2) is 0 Å². The summed E-state index contributed by atoms with van der Waals surface area (Å²) < 4.78 is 36.8. The van der Waals surface area contributed by atoms with Crippen molar-refractivity contribution >= 4 is 27.7 Å². The molecule has 0 bridgehead atoms. The molecular weight excluding hydrogens is 289 g/mol. The quantitative estimate of drug-likeness (QED) is 0.725. The molecule has 0 spiro atoms. The summed E-state index contributed by atoms with van der Waals surface area (Å²) >= 11 is 3.09. The molecule has 5 heteroatoms. The van der Waals surface area contributed by atoms with Crippen LogP contribution in [0.4, 0.5) is 13.2 Å². The molecule has 0 aromatic heterocycles. The van der Waals surface area contributed by atoms with Gasteiger partial charge in [-0.2, -0.15) is 13.2 Å². The molecule has 1 aromatic carbocycles. The monoisotopic (exact) mass is 296 g/mol. The molecule has 0 aliphatic carbocycles. The topological polar surface area (TPSA) is 0 Å². The molecule has 0 atom stereocenters. The summed E-state index contributed by atoms with van der Waals surface area (Å²) in [5.41, 5.74) is -3.29. The van der Waals surface area contributed by atoms with Gasteiger partial charge in [0.15, 0.2) is 0 Å². The summed E-state index contributed by atoms with van der Waals surface area (Å²) in [5, 5.41) is 0. The Bertz CT molecular complexity index is 343. The van der Waals surface area contributed by atoms with Crippen LogP contribution in [-0.4, -0.2) is 5.51 Å². The molecule has 1 rings (SSSR count). The Morgan fingerprint density at radius 1 is 1.27 bits per heavy atom. The minimum Gasteiger partial charge on any atom is -0.160 e. The van der Waals surface area contributed by atoms with Crippen LogP contribution in [0, 0.1) is 0 Å². The number of alkyl halides is 3. The Morgan fingerprint density at radius 2 is 1.80 bits per heavy atom. The summed E-state index contributed by atoms with van der Waals surface area (Å²) in [6, 6.07) is 6.26. The van der Waals surface area contributed by atoms with Crippen molar-refractivity contribution in [3.63, 3.8) is 0 Å². The van der Waals surface area contributed by atoms with Crippen molar-refractivity contribution in [2.45, 2.75) is 16.8 Å². The fourth-order valence-corrected chi connectivity index (χ4v) is 1.89. The number of benzene rings is 1. The lowest BCUT2D eigenvalue weighted by atomic mass is 10.1. The largest absolute Gasteiger partial charge is 0.446 e. The first-order valence-electron chi connectivity index (χ1n) is 4.05. The molecule has 0 radical (unpaired) electrons. The summed E-state index contributed by atoms with van der Waals surface area (Å²) in [4.78, 5) is 0.200. The first-order chi connectivity index (χ1) is 6.87. The van der Waals surface area contributed by atoms with Crippen LogP contribution in [0.15, 0.2) is 40.2 Å². The zero-order valence-corrected chi connectivity index (χ0v) is 10.0. The van der Waals surface area contributed by atoms with E-state index in [9.17, 15) is 13.2 Å². The minimum absolute atomic E-state index is 0.106. The number of hydrogen-bond acceptors (Lipinski definition) is 1. The van der Waals surface area contributed by atoms with Crippen LogP contribution in [0.2, 0.25) is 0 Å². The molecule has 0 fully saturated rings. The Balaban J connectivity index is 2.68. The zero-order chi connectivity index (χ0) is 11.5. The van der Waals surface area contributed by atoms with Crippen LogP contribution in [0.5, 0.6) is 0 Å². The molecule has 15 heavy (non-hydrogen) atoms. The number of thioether (sulfide) groups is 1. The second kappa shape index (κ2) is 5.07. The summed E-state index contributed by atoms with van der Waals surface area (Å²) in [6.45, 7) is 3.66. The van der Waals surface area contributed by atoms with Crippen molar-refractivity contribution < 1.29 is 13.2 Å². The van der Waals surface area contributed by atoms with Crippen molar-refractivity contribution in [3.05, 3.63) is 40.9 Å². The summed E-state index contributed by atoms with van der Waals surface area (Å²) in [6.07, 6.45) is 0.622. The molecule has 0 aliphatic rings. The second-order valence-corrected chi connectivity index (χ2v) is 5.15. The van der Waals surface area contributed by atoms with Gasteiger partial charge in [-0.15, -0.1) is 0 Å². The molecule has 82 valence electrons. The van der Waals surface area contributed by atoms with Crippen LogP contribution in [0.1, 0.15) is 5.56 Å². The molecule has 0 saturated heterocycles. The zero-order valence-electron chi connectivity index (χ0n) is 7.64. The molecule has 1 aromatic rings. The van der Waals surface area contributed by atoms with E-state index >= 15 is 0 Å². The highest BCUT2D eigenvalue weighted by atomic mass is 79.9. The van der Waals surface area contributed by atoms with E-state index in [4.69, 9.17) is 0 Å². The van der Waals surface area contributed by atoms with E-state index in [2.05, 4.69) is 22.5 Å². The Hall–Kier alpha value is -0.420. The number of allylic oxidation sites excluding steroid dienone is 1. The average molecular weight is 297 g/mol. The van der Waals surface area contributed by atoms with Crippen molar-refractivity contribution in [2.24, 2.45) is 0 Å². The second-order valence-electron chi connectivity index (χ2n) is 2.89. The number of rotatable bonds is 3. The van der Waals surface area contributed by atoms with Gasteiger partial charge < -0.3 is 0 Å². The SMILES string of the molecule is C=C(Br)Cc1ccc(SC(F)(F)F)cc1. The molecular formula is C10H8BrF3S.